The lowest BCUT2D eigenvalue weighted by molar-refractivity contribution is -0.155. The molecule has 4 amide bonds. The van der Waals surface area contributed by atoms with Gasteiger partial charge in [0.2, 0.25) is 23.6 Å². The van der Waals surface area contributed by atoms with Crippen molar-refractivity contribution in [2.24, 2.45) is 35.0 Å². The zero-order valence-electron chi connectivity index (χ0n) is 21.3. The van der Waals surface area contributed by atoms with Crippen molar-refractivity contribution in [2.45, 2.75) is 20.8 Å². The molecule has 39 heavy (non-hydrogen) atoms. The summed E-state index contributed by atoms with van der Waals surface area (Å²) in [5.74, 6) is -7.72. The zero-order chi connectivity index (χ0) is 28.0. The van der Waals surface area contributed by atoms with E-state index in [4.69, 9.17) is 27.9 Å². The number of rotatable bonds is 4. The summed E-state index contributed by atoms with van der Waals surface area (Å²) < 4.78 is 5.39. The molecule has 4 atom stereocenters. The number of anilines is 2. The van der Waals surface area contributed by atoms with E-state index in [2.05, 4.69) is 0 Å². The van der Waals surface area contributed by atoms with Crippen LogP contribution in [0.25, 0.3) is 0 Å². The predicted molar refractivity (Wildman–Crippen MR) is 143 cm³/mol. The van der Waals surface area contributed by atoms with Gasteiger partial charge in [0.1, 0.15) is 0 Å². The third-order valence-corrected chi connectivity index (χ3v) is 9.51. The number of para-hydroxylation sites is 2. The Balaban J connectivity index is 1.57. The average molecular weight is 567 g/mol. The van der Waals surface area contributed by atoms with Gasteiger partial charge in [0.05, 0.1) is 51.7 Å². The third-order valence-electron chi connectivity index (χ3n) is 8.87. The molecule has 10 heteroatoms. The highest BCUT2D eigenvalue weighted by Crippen LogP contribution is 2.69. The second-order valence-corrected chi connectivity index (χ2v) is 11.3. The fourth-order valence-corrected chi connectivity index (χ4v) is 7.99. The van der Waals surface area contributed by atoms with Crippen LogP contribution in [0.3, 0.4) is 0 Å². The van der Waals surface area contributed by atoms with Crippen LogP contribution in [0.5, 0.6) is 0 Å². The van der Waals surface area contributed by atoms with E-state index < -0.39 is 64.6 Å². The lowest BCUT2D eigenvalue weighted by Crippen LogP contribution is -2.61. The Labute approximate surface area is 234 Å². The first-order valence-corrected chi connectivity index (χ1v) is 13.5. The number of amides is 4. The van der Waals surface area contributed by atoms with Crippen molar-refractivity contribution in [1.29, 1.82) is 0 Å². The molecule has 2 aromatic rings. The monoisotopic (exact) mass is 566 g/mol. The first-order chi connectivity index (χ1) is 18.6. The quantitative estimate of drug-likeness (QED) is 0.400. The van der Waals surface area contributed by atoms with E-state index in [0.717, 1.165) is 9.80 Å². The van der Waals surface area contributed by atoms with E-state index in [-0.39, 0.29) is 33.6 Å². The van der Waals surface area contributed by atoms with Crippen molar-refractivity contribution in [2.75, 3.05) is 16.4 Å². The first-order valence-electron chi connectivity index (χ1n) is 12.7. The maximum Gasteiger partial charge on any atom is 0.334 e. The Kier molecular flexibility index (Phi) is 5.79. The minimum atomic E-state index is -1.49. The van der Waals surface area contributed by atoms with Gasteiger partial charge in [0, 0.05) is 16.9 Å². The van der Waals surface area contributed by atoms with Crippen molar-refractivity contribution in [3.8, 4) is 0 Å². The van der Waals surface area contributed by atoms with Gasteiger partial charge in [0.15, 0.2) is 0 Å². The third kappa shape index (κ3) is 3.16. The van der Waals surface area contributed by atoms with Crippen LogP contribution in [0.4, 0.5) is 11.4 Å². The van der Waals surface area contributed by atoms with E-state index in [1.165, 1.54) is 0 Å². The van der Waals surface area contributed by atoms with Gasteiger partial charge in [-0.3, -0.25) is 19.2 Å². The molecule has 2 saturated heterocycles. The van der Waals surface area contributed by atoms with Crippen molar-refractivity contribution < 1.29 is 28.7 Å². The van der Waals surface area contributed by atoms with Crippen molar-refractivity contribution >= 4 is 64.2 Å². The molecule has 8 nitrogen and oxygen atoms in total. The van der Waals surface area contributed by atoms with Crippen LogP contribution in [-0.2, 0) is 28.7 Å². The number of carbonyl (C=O) groups excluding carboxylic acids is 5. The molecule has 3 fully saturated rings. The van der Waals surface area contributed by atoms with E-state index in [0.29, 0.717) is 5.57 Å². The Morgan fingerprint density at radius 3 is 1.64 bits per heavy atom. The first kappa shape index (κ1) is 25.8. The number of hydrogen-bond donors (Lipinski definition) is 0. The van der Waals surface area contributed by atoms with E-state index in [9.17, 15) is 24.0 Å². The van der Waals surface area contributed by atoms with Crippen LogP contribution >= 0.6 is 23.2 Å². The number of carbonyl (C=O) groups is 5. The van der Waals surface area contributed by atoms with Gasteiger partial charge in [0.25, 0.3) is 0 Å². The van der Waals surface area contributed by atoms with Crippen molar-refractivity contribution in [1.82, 2.24) is 0 Å². The number of allylic oxidation sites excluding steroid dienone is 1. The van der Waals surface area contributed by atoms with Gasteiger partial charge < -0.3 is 4.74 Å². The fraction of sp³-hybridized carbons (Fsp3) is 0.345. The van der Waals surface area contributed by atoms with Crippen molar-refractivity contribution in [3.63, 3.8) is 0 Å². The maximum atomic E-state index is 14.2. The number of hydrogen-bond acceptors (Lipinski definition) is 6. The fourth-order valence-electron chi connectivity index (χ4n) is 7.55. The second-order valence-electron chi connectivity index (χ2n) is 10.5. The summed E-state index contributed by atoms with van der Waals surface area (Å²) in [7, 11) is 0. The molecule has 0 unspecified atom stereocenters. The van der Waals surface area contributed by atoms with Crippen LogP contribution < -0.4 is 9.80 Å². The average Bonchev–Trinajstić information content (AvgIpc) is 3.31. The molecule has 3 aliphatic carbocycles. The standard InChI is InChI=1S/C29H24Cl2N2O6/c1-4-39-28(38)21-13(2)18-19-22(26(36)32(24(19)34)16-11-7-5-9-14(16)30)29(21,3)23-20(18)25(35)33(27(23)37)17-12-8-6-10-15(17)31/h5-12,18-20,22-23H,4H2,1-3H3/t18?,19-,20-,22+,23+,29?/m0/s1. The molecule has 2 aliphatic heterocycles. The molecule has 0 N–H and O–H groups in total. The minimum Gasteiger partial charge on any atom is -0.463 e. The highest BCUT2D eigenvalue weighted by atomic mass is 35.5. The summed E-state index contributed by atoms with van der Waals surface area (Å²) in [6.45, 7) is 5.06. The number of nitrogens with zero attached hydrogens (tertiary/aromatic N) is 2. The molecule has 7 rings (SSSR count). The molecular formula is C29H24Cl2N2O6. The maximum absolute atomic E-state index is 14.2. The summed E-state index contributed by atoms with van der Waals surface area (Å²) in [4.78, 5) is 71.9. The van der Waals surface area contributed by atoms with Gasteiger partial charge in [-0.15, -0.1) is 0 Å². The van der Waals surface area contributed by atoms with Crippen LogP contribution in [0.1, 0.15) is 20.8 Å². The van der Waals surface area contributed by atoms with Gasteiger partial charge in [-0.2, -0.15) is 0 Å². The molecular weight excluding hydrogens is 543 g/mol. The van der Waals surface area contributed by atoms with Gasteiger partial charge in [-0.05, 0) is 38.1 Å². The van der Waals surface area contributed by atoms with Gasteiger partial charge >= 0.3 is 5.97 Å². The molecule has 0 radical (unpaired) electrons. The lowest BCUT2D eigenvalue weighted by Gasteiger charge is -2.55. The molecule has 2 heterocycles. The molecule has 0 aromatic heterocycles. The summed E-state index contributed by atoms with van der Waals surface area (Å²) in [6.07, 6.45) is 0. The Bertz CT molecular complexity index is 1440. The highest BCUT2D eigenvalue weighted by molar-refractivity contribution is 6.37. The topological polar surface area (TPSA) is 101 Å². The largest absolute Gasteiger partial charge is 0.463 e. The minimum absolute atomic E-state index is 0.0792. The molecule has 5 aliphatic rings. The van der Waals surface area contributed by atoms with Crippen molar-refractivity contribution in [3.05, 3.63) is 69.7 Å². The molecule has 2 bridgehead atoms. The zero-order valence-corrected chi connectivity index (χ0v) is 22.8. The summed E-state index contributed by atoms with van der Waals surface area (Å²) in [5, 5.41) is 0.422. The van der Waals surface area contributed by atoms with Gasteiger partial charge in [-0.25, -0.2) is 14.6 Å². The van der Waals surface area contributed by atoms with Crippen LogP contribution in [0, 0.1) is 35.0 Å². The Hall–Kier alpha value is -3.49. The van der Waals surface area contributed by atoms with E-state index >= 15 is 0 Å². The molecule has 200 valence electrons. The predicted octanol–water partition coefficient (Wildman–Crippen LogP) is 4.43. The molecule has 2 aromatic carbocycles. The second kappa shape index (κ2) is 8.76. The molecule has 0 spiro atoms. The van der Waals surface area contributed by atoms with Crippen LogP contribution in [0.15, 0.2) is 59.7 Å². The highest BCUT2D eigenvalue weighted by Gasteiger charge is 2.77. The Morgan fingerprint density at radius 2 is 1.23 bits per heavy atom. The normalized spacial score (nSPS) is 31.3. The number of esters is 1. The van der Waals surface area contributed by atoms with E-state index in [1.54, 1.807) is 69.3 Å². The summed E-state index contributed by atoms with van der Waals surface area (Å²) in [6, 6.07) is 13.0. The van der Waals surface area contributed by atoms with Gasteiger partial charge in [-0.1, -0.05) is 60.0 Å². The SMILES string of the molecule is CCOC(=O)C1=C(C)C2[C@@H]3C(=O)N(c4ccccc4Cl)C(=O)[C@@H]3C1(C)[C@H]1C(=O)N(c3ccccc3Cl)C(=O)[C@@H]21. The lowest BCUT2D eigenvalue weighted by atomic mass is 9.43. The number of benzene rings is 2. The number of halogens is 2. The molecule has 1 saturated carbocycles. The van der Waals surface area contributed by atoms with Crippen LogP contribution in [-0.4, -0.2) is 36.2 Å². The Morgan fingerprint density at radius 1 is 0.795 bits per heavy atom. The van der Waals surface area contributed by atoms with E-state index in [1.807, 2.05) is 0 Å². The summed E-state index contributed by atoms with van der Waals surface area (Å²) in [5.41, 5.74) is -0.375. The number of ether oxygens (including phenoxy) is 1. The summed E-state index contributed by atoms with van der Waals surface area (Å²) >= 11 is 12.8. The number of imide groups is 2. The van der Waals surface area contributed by atoms with Crippen LogP contribution in [0.2, 0.25) is 10.0 Å². The smallest absolute Gasteiger partial charge is 0.334 e.